The van der Waals surface area contributed by atoms with E-state index < -0.39 is 15.7 Å². The second-order valence-corrected chi connectivity index (χ2v) is 11.4. The first-order chi connectivity index (χ1) is 19.4. The number of hydrogen-bond donors (Lipinski definition) is 4. The van der Waals surface area contributed by atoms with Crippen LogP contribution >= 0.6 is 0 Å². The van der Waals surface area contributed by atoms with Gasteiger partial charge in [0.15, 0.2) is 16.3 Å². The van der Waals surface area contributed by atoms with Crippen molar-refractivity contribution in [2.45, 2.75) is 29.5 Å². The summed E-state index contributed by atoms with van der Waals surface area (Å²) in [5.41, 5.74) is 7.55. The number of nitrogens with one attached hydrogen (secondary N) is 4. The van der Waals surface area contributed by atoms with Crippen molar-refractivity contribution in [2.75, 3.05) is 51.2 Å². The van der Waals surface area contributed by atoms with Crippen LogP contribution in [-0.4, -0.2) is 60.4 Å². The zero-order valence-electron chi connectivity index (χ0n) is 22.3. The Hall–Kier alpha value is -3.72. The summed E-state index contributed by atoms with van der Waals surface area (Å²) in [4.78, 5) is -0.183. The fourth-order valence-corrected chi connectivity index (χ4v) is 6.38. The Labute approximate surface area is 231 Å². The van der Waals surface area contributed by atoms with E-state index in [1.54, 1.807) is 31.4 Å². The van der Waals surface area contributed by atoms with Gasteiger partial charge in [-0.05, 0) is 42.7 Å². The number of rotatable bonds is 10. The van der Waals surface area contributed by atoms with E-state index in [1.807, 2.05) is 12.3 Å². The van der Waals surface area contributed by atoms with Gasteiger partial charge in [0.25, 0.3) is 10.0 Å². The van der Waals surface area contributed by atoms with Gasteiger partial charge < -0.3 is 38.9 Å². The Bertz CT molecular complexity index is 1520. The number of ether oxygens (including phenoxy) is 5. The number of methoxy groups -OCH3 is 3. The maximum Gasteiger partial charge on any atom is 0.270 e. The van der Waals surface area contributed by atoms with E-state index in [9.17, 15) is 8.42 Å². The van der Waals surface area contributed by atoms with E-state index in [2.05, 4.69) is 26.0 Å². The molecule has 40 heavy (non-hydrogen) atoms. The molecular weight excluding hydrogens is 542 g/mol. The molecule has 1 aliphatic carbocycles. The smallest absolute Gasteiger partial charge is 0.270 e. The van der Waals surface area contributed by atoms with Crippen molar-refractivity contribution in [1.29, 1.82) is 0 Å². The minimum atomic E-state index is -4.25. The lowest BCUT2D eigenvalue weighted by atomic mass is 10.0. The highest BCUT2D eigenvalue weighted by atomic mass is 32.2. The summed E-state index contributed by atoms with van der Waals surface area (Å²) in [7, 11) is 0.0723. The third-order valence-electron chi connectivity index (χ3n) is 7.23. The van der Waals surface area contributed by atoms with Crippen LogP contribution < -0.4 is 35.1 Å². The standard InChI is InChI=1S/C26H31N5O8S/c1-34-20-12-17-19(13-18(20)28-26(16-4-5-16)6-7-27-31-26)39-29-25(17)30-40(32,33)24-21(35-2)10-15(11-22(24)36-3)23-14-37-8-9-38-23/h6-7,10-13,16,23,27-28,31H,4-5,8-9,14H2,1-3H3,(H,29,30)/t23-,26?/m1/s1. The average Bonchev–Trinajstić information content (AvgIpc) is 3.63. The van der Waals surface area contributed by atoms with Crippen molar-refractivity contribution in [1.82, 2.24) is 16.0 Å². The van der Waals surface area contributed by atoms with Gasteiger partial charge in [0.1, 0.15) is 29.0 Å². The predicted octanol–water partition coefficient (Wildman–Crippen LogP) is 2.88. The van der Waals surface area contributed by atoms with Crippen LogP contribution in [0.4, 0.5) is 11.5 Å². The molecule has 0 radical (unpaired) electrons. The molecule has 3 aliphatic rings. The first-order valence-corrected chi connectivity index (χ1v) is 14.3. The van der Waals surface area contributed by atoms with Crippen LogP contribution in [0.3, 0.4) is 0 Å². The molecule has 4 N–H and O–H groups in total. The highest BCUT2D eigenvalue weighted by molar-refractivity contribution is 7.93. The Kier molecular flexibility index (Phi) is 6.86. The molecule has 3 heterocycles. The summed E-state index contributed by atoms with van der Waals surface area (Å²) in [6, 6.07) is 6.62. The molecule has 2 fully saturated rings. The number of aromatic nitrogens is 1. The van der Waals surface area contributed by atoms with Crippen molar-refractivity contribution in [3.05, 3.63) is 42.1 Å². The molecule has 6 rings (SSSR count). The van der Waals surface area contributed by atoms with Crippen LogP contribution in [0.25, 0.3) is 11.0 Å². The number of sulfonamides is 1. The van der Waals surface area contributed by atoms with E-state index in [1.165, 1.54) is 14.2 Å². The minimum absolute atomic E-state index is 0.00509. The summed E-state index contributed by atoms with van der Waals surface area (Å²) < 4.78 is 63.3. The molecule has 3 aromatic rings. The second-order valence-electron chi connectivity index (χ2n) is 9.75. The molecule has 214 valence electrons. The third-order valence-corrected chi connectivity index (χ3v) is 8.64. The lowest BCUT2D eigenvalue weighted by Gasteiger charge is -2.30. The van der Waals surface area contributed by atoms with Crippen LogP contribution in [0.15, 0.2) is 46.0 Å². The monoisotopic (exact) mass is 573 g/mol. The fraction of sp³-hybridized carbons (Fsp3) is 0.423. The number of hydrogen-bond acceptors (Lipinski definition) is 12. The van der Waals surface area contributed by atoms with Gasteiger partial charge in [0.05, 0.1) is 52.2 Å². The van der Waals surface area contributed by atoms with Crippen LogP contribution in [-0.2, 0) is 19.5 Å². The molecule has 13 nitrogen and oxygen atoms in total. The molecule has 0 amide bonds. The summed E-state index contributed by atoms with van der Waals surface area (Å²) in [6.07, 6.45) is 5.68. The summed E-state index contributed by atoms with van der Waals surface area (Å²) in [6.45, 7) is 1.27. The summed E-state index contributed by atoms with van der Waals surface area (Å²) in [5.74, 6) is 1.07. The average molecular weight is 574 g/mol. The van der Waals surface area contributed by atoms with Crippen molar-refractivity contribution >= 4 is 32.5 Å². The van der Waals surface area contributed by atoms with Gasteiger partial charge in [-0.2, -0.15) is 0 Å². The zero-order chi connectivity index (χ0) is 27.9. The Balaban J connectivity index is 1.33. The molecule has 1 aromatic heterocycles. The minimum Gasteiger partial charge on any atom is -0.495 e. The number of hydrazine groups is 1. The maximum atomic E-state index is 13.7. The maximum absolute atomic E-state index is 13.7. The molecule has 1 saturated carbocycles. The fourth-order valence-electron chi connectivity index (χ4n) is 5.06. The Morgan fingerprint density at radius 1 is 1.02 bits per heavy atom. The van der Waals surface area contributed by atoms with E-state index >= 15 is 0 Å². The van der Waals surface area contributed by atoms with E-state index in [4.69, 9.17) is 28.2 Å². The lowest BCUT2D eigenvalue weighted by molar-refractivity contribution is -0.0902. The zero-order valence-corrected chi connectivity index (χ0v) is 23.1. The molecule has 2 aromatic carbocycles. The molecule has 1 saturated heterocycles. The largest absolute Gasteiger partial charge is 0.495 e. The molecule has 0 spiro atoms. The Morgan fingerprint density at radius 3 is 2.38 bits per heavy atom. The number of fused-ring (bicyclic) bond motifs is 1. The van der Waals surface area contributed by atoms with E-state index in [0.29, 0.717) is 53.7 Å². The molecule has 0 bridgehead atoms. The van der Waals surface area contributed by atoms with Crippen molar-refractivity contribution in [3.8, 4) is 17.2 Å². The Morgan fingerprint density at radius 2 is 1.77 bits per heavy atom. The number of benzene rings is 2. The third kappa shape index (κ3) is 4.76. The van der Waals surface area contributed by atoms with E-state index in [-0.39, 0.29) is 28.3 Å². The van der Waals surface area contributed by atoms with Gasteiger partial charge in [-0.1, -0.05) is 5.16 Å². The molecule has 2 atom stereocenters. The molecular formula is C26H31N5O8S. The second kappa shape index (κ2) is 10.4. The number of nitrogens with zero attached hydrogens (tertiary/aromatic N) is 1. The van der Waals surface area contributed by atoms with Gasteiger partial charge in [0, 0.05) is 18.2 Å². The van der Waals surface area contributed by atoms with E-state index in [0.717, 1.165) is 12.8 Å². The summed E-state index contributed by atoms with van der Waals surface area (Å²) in [5, 5.41) is 7.94. The van der Waals surface area contributed by atoms with Gasteiger partial charge in [-0.25, -0.2) is 13.8 Å². The molecule has 1 unspecified atom stereocenters. The first kappa shape index (κ1) is 26.5. The first-order valence-electron chi connectivity index (χ1n) is 12.8. The normalized spacial score (nSPS) is 22.6. The van der Waals surface area contributed by atoms with Gasteiger partial charge in [-0.15, -0.1) is 0 Å². The lowest BCUT2D eigenvalue weighted by Crippen LogP contribution is -2.52. The predicted molar refractivity (Wildman–Crippen MR) is 145 cm³/mol. The number of anilines is 2. The van der Waals surface area contributed by atoms with Crippen LogP contribution in [0.5, 0.6) is 17.2 Å². The van der Waals surface area contributed by atoms with Crippen LogP contribution in [0.2, 0.25) is 0 Å². The SMILES string of the molecule is COc1cc2c(NS(=O)(=O)c3c(OC)cc([C@H]4COCCO4)cc3OC)noc2cc1NC1(C2CC2)C=CNN1. The van der Waals surface area contributed by atoms with Gasteiger partial charge >= 0.3 is 0 Å². The highest BCUT2D eigenvalue weighted by Gasteiger charge is 2.45. The van der Waals surface area contributed by atoms with Crippen molar-refractivity contribution < 1.29 is 36.6 Å². The van der Waals surface area contributed by atoms with Crippen molar-refractivity contribution in [2.24, 2.45) is 5.92 Å². The van der Waals surface area contributed by atoms with Crippen molar-refractivity contribution in [3.63, 3.8) is 0 Å². The molecule has 2 aliphatic heterocycles. The van der Waals surface area contributed by atoms with Gasteiger partial charge in [-0.3, -0.25) is 4.72 Å². The van der Waals surface area contributed by atoms with Crippen LogP contribution in [0, 0.1) is 5.92 Å². The van der Waals surface area contributed by atoms with Crippen LogP contribution in [0.1, 0.15) is 24.5 Å². The topological polar surface area (TPSA) is 154 Å². The summed E-state index contributed by atoms with van der Waals surface area (Å²) >= 11 is 0. The quantitative estimate of drug-likeness (QED) is 0.282. The molecule has 14 heteroatoms. The highest BCUT2D eigenvalue weighted by Crippen LogP contribution is 2.44. The van der Waals surface area contributed by atoms with Gasteiger partial charge in [0.2, 0.25) is 0 Å².